The molecule has 0 aromatic carbocycles. The van der Waals surface area contributed by atoms with Crippen molar-refractivity contribution < 1.29 is 9.90 Å². The quantitative estimate of drug-likeness (QED) is 0.729. The predicted molar refractivity (Wildman–Crippen MR) is 67.7 cm³/mol. The average Bonchev–Trinajstić information content (AvgIpc) is 2.07. The number of carboxylic acids is 1. The summed E-state index contributed by atoms with van der Waals surface area (Å²) in [6.07, 6.45) is 2.59. The summed E-state index contributed by atoms with van der Waals surface area (Å²) in [5.74, 6) is 0.0133. The van der Waals surface area contributed by atoms with Crippen LogP contribution in [-0.2, 0) is 4.79 Å². The molecule has 0 aliphatic heterocycles. The molecule has 3 nitrogen and oxygen atoms in total. The van der Waals surface area contributed by atoms with Crippen LogP contribution in [0.15, 0.2) is 0 Å². The SMILES string of the molecule is CC(C)CCCN(CCC(=O)O)C(C)(C)C. The highest BCUT2D eigenvalue weighted by Gasteiger charge is 2.21. The average molecular weight is 229 g/mol. The van der Waals surface area contributed by atoms with Crippen molar-refractivity contribution in [1.29, 1.82) is 0 Å². The third-order valence-corrected chi connectivity index (χ3v) is 2.75. The van der Waals surface area contributed by atoms with E-state index in [4.69, 9.17) is 5.11 Å². The summed E-state index contributed by atoms with van der Waals surface area (Å²) in [5.41, 5.74) is 0.0619. The Labute approximate surface area is 99.8 Å². The molecule has 0 amide bonds. The zero-order valence-corrected chi connectivity index (χ0v) is 11.4. The normalized spacial score (nSPS) is 12.4. The fraction of sp³-hybridized carbons (Fsp3) is 0.923. The number of aliphatic carboxylic acids is 1. The van der Waals surface area contributed by atoms with E-state index in [2.05, 4.69) is 39.5 Å². The number of hydrogen-bond acceptors (Lipinski definition) is 2. The van der Waals surface area contributed by atoms with Crippen LogP contribution >= 0.6 is 0 Å². The second-order valence-corrected chi connectivity index (χ2v) is 5.84. The highest BCUT2D eigenvalue weighted by molar-refractivity contribution is 5.66. The van der Waals surface area contributed by atoms with Gasteiger partial charge in [-0.2, -0.15) is 0 Å². The minimum atomic E-state index is -0.710. The number of carboxylic acid groups (broad SMARTS) is 1. The summed E-state index contributed by atoms with van der Waals surface area (Å²) < 4.78 is 0. The van der Waals surface area contributed by atoms with Crippen LogP contribution in [-0.4, -0.2) is 34.6 Å². The van der Waals surface area contributed by atoms with Crippen molar-refractivity contribution >= 4 is 5.97 Å². The minimum Gasteiger partial charge on any atom is -0.481 e. The van der Waals surface area contributed by atoms with Gasteiger partial charge >= 0.3 is 5.97 Å². The smallest absolute Gasteiger partial charge is 0.304 e. The molecule has 0 aromatic rings. The number of nitrogens with zero attached hydrogens (tertiary/aromatic N) is 1. The first kappa shape index (κ1) is 15.4. The molecule has 0 saturated carbocycles. The molecule has 1 N–H and O–H groups in total. The van der Waals surface area contributed by atoms with Gasteiger partial charge in [0.05, 0.1) is 6.42 Å². The third kappa shape index (κ3) is 7.69. The van der Waals surface area contributed by atoms with Gasteiger partial charge in [0.1, 0.15) is 0 Å². The van der Waals surface area contributed by atoms with E-state index < -0.39 is 5.97 Å². The molecular weight excluding hydrogens is 202 g/mol. The maximum absolute atomic E-state index is 10.6. The van der Waals surface area contributed by atoms with Crippen LogP contribution in [0.4, 0.5) is 0 Å². The standard InChI is InChI=1S/C13H27NO2/c1-11(2)7-6-9-14(13(3,4)5)10-8-12(15)16/h11H,6-10H2,1-5H3,(H,15,16). The zero-order chi connectivity index (χ0) is 12.8. The summed E-state index contributed by atoms with van der Waals surface area (Å²) in [6, 6.07) is 0. The van der Waals surface area contributed by atoms with Crippen molar-refractivity contribution in [2.24, 2.45) is 5.92 Å². The van der Waals surface area contributed by atoms with Crippen LogP contribution in [0.1, 0.15) is 53.9 Å². The molecule has 0 heterocycles. The molecule has 16 heavy (non-hydrogen) atoms. The van der Waals surface area contributed by atoms with Gasteiger partial charge in [-0.25, -0.2) is 0 Å². The third-order valence-electron chi connectivity index (χ3n) is 2.75. The lowest BCUT2D eigenvalue weighted by Crippen LogP contribution is -2.43. The molecule has 0 aliphatic carbocycles. The van der Waals surface area contributed by atoms with E-state index in [-0.39, 0.29) is 12.0 Å². The summed E-state index contributed by atoms with van der Waals surface area (Å²) in [4.78, 5) is 12.9. The molecule has 96 valence electrons. The highest BCUT2D eigenvalue weighted by Crippen LogP contribution is 2.15. The Bertz CT molecular complexity index is 206. The summed E-state index contributed by atoms with van der Waals surface area (Å²) in [5, 5.41) is 8.72. The largest absolute Gasteiger partial charge is 0.481 e. The molecule has 0 radical (unpaired) electrons. The van der Waals surface area contributed by atoms with Crippen LogP contribution in [0.3, 0.4) is 0 Å². The lowest BCUT2D eigenvalue weighted by Gasteiger charge is -2.35. The van der Waals surface area contributed by atoms with Gasteiger partial charge < -0.3 is 5.11 Å². The molecular formula is C13H27NO2. The molecule has 3 heteroatoms. The summed E-state index contributed by atoms with van der Waals surface area (Å²) in [7, 11) is 0. The van der Waals surface area contributed by atoms with E-state index >= 15 is 0 Å². The lowest BCUT2D eigenvalue weighted by molar-refractivity contribution is -0.137. The molecule has 0 atom stereocenters. The Hall–Kier alpha value is -0.570. The Kier molecular flexibility index (Phi) is 6.65. The van der Waals surface area contributed by atoms with E-state index in [9.17, 15) is 4.79 Å². The van der Waals surface area contributed by atoms with Crippen LogP contribution in [0.2, 0.25) is 0 Å². The minimum absolute atomic E-state index is 0.0619. The Balaban J connectivity index is 4.07. The molecule has 0 aliphatic rings. The zero-order valence-electron chi connectivity index (χ0n) is 11.4. The van der Waals surface area contributed by atoms with Gasteiger partial charge in [0.2, 0.25) is 0 Å². The Morgan fingerprint density at radius 1 is 1.25 bits per heavy atom. The lowest BCUT2D eigenvalue weighted by atomic mass is 10.0. The Morgan fingerprint density at radius 3 is 2.19 bits per heavy atom. The first-order valence-corrected chi connectivity index (χ1v) is 6.20. The van der Waals surface area contributed by atoms with Crippen molar-refractivity contribution in [2.75, 3.05) is 13.1 Å². The van der Waals surface area contributed by atoms with Crippen molar-refractivity contribution in [3.8, 4) is 0 Å². The van der Waals surface area contributed by atoms with E-state index in [1.165, 1.54) is 6.42 Å². The molecule has 0 bridgehead atoms. The predicted octanol–water partition coefficient (Wildman–Crippen LogP) is 3.00. The maximum Gasteiger partial charge on any atom is 0.304 e. The van der Waals surface area contributed by atoms with Gasteiger partial charge in [-0.05, 0) is 46.1 Å². The van der Waals surface area contributed by atoms with Crippen molar-refractivity contribution in [3.05, 3.63) is 0 Å². The van der Waals surface area contributed by atoms with Gasteiger partial charge in [-0.3, -0.25) is 9.69 Å². The van der Waals surface area contributed by atoms with Gasteiger partial charge in [-0.1, -0.05) is 13.8 Å². The van der Waals surface area contributed by atoms with E-state index in [0.29, 0.717) is 6.54 Å². The van der Waals surface area contributed by atoms with Gasteiger partial charge in [0.15, 0.2) is 0 Å². The number of rotatable bonds is 7. The molecule has 0 fully saturated rings. The van der Waals surface area contributed by atoms with E-state index in [1.807, 2.05) is 0 Å². The van der Waals surface area contributed by atoms with Crippen LogP contribution in [0, 0.1) is 5.92 Å². The maximum atomic E-state index is 10.6. The molecule has 0 rings (SSSR count). The van der Waals surface area contributed by atoms with E-state index in [1.54, 1.807) is 0 Å². The Morgan fingerprint density at radius 2 is 1.81 bits per heavy atom. The monoisotopic (exact) mass is 229 g/mol. The van der Waals surface area contributed by atoms with Crippen molar-refractivity contribution in [3.63, 3.8) is 0 Å². The molecule has 0 spiro atoms. The van der Waals surface area contributed by atoms with Crippen molar-refractivity contribution in [1.82, 2.24) is 4.90 Å². The molecule has 0 saturated heterocycles. The second kappa shape index (κ2) is 6.89. The van der Waals surface area contributed by atoms with Crippen LogP contribution in [0.25, 0.3) is 0 Å². The fourth-order valence-electron chi connectivity index (χ4n) is 1.70. The highest BCUT2D eigenvalue weighted by atomic mass is 16.4. The van der Waals surface area contributed by atoms with Crippen LogP contribution < -0.4 is 0 Å². The molecule has 0 aromatic heterocycles. The summed E-state index contributed by atoms with van der Waals surface area (Å²) >= 11 is 0. The van der Waals surface area contributed by atoms with Gasteiger partial charge in [0, 0.05) is 12.1 Å². The second-order valence-electron chi connectivity index (χ2n) is 5.84. The molecule has 0 unspecified atom stereocenters. The van der Waals surface area contributed by atoms with Gasteiger partial charge in [0.25, 0.3) is 0 Å². The van der Waals surface area contributed by atoms with E-state index in [0.717, 1.165) is 18.9 Å². The number of hydrogen-bond donors (Lipinski definition) is 1. The number of carbonyl (C=O) groups is 1. The van der Waals surface area contributed by atoms with Gasteiger partial charge in [-0.15, -0.1) is 0 Å². The topological polar surface area (TPSA) is 40.5 Å². The summed E-state index contributed by atoms with van der Waals surface area (Å²) in [6.45, 7) is 12.5. The fourth-order valence-corrected chi connectivity index (χ4v) is 1.70. The first-order chi connectivity index (χ1) is 7.23. The van der Waals surface area contributed by atoms with Crippen molar-refractivity contribution in [2.45, 2.75) is 59.4 Å². The first-order valence-electron chi connectivity index (χ1n) is 6.20. The van der Waals surface area contributed by atoms with Crippen LogP contribution in [0.5, 0.6) is 0 Å².